The van der Waals surface area contributed by atoms with E-state index in [2.05, 4.69) is 20.1 Å². The predicted octanol–water partition coefficient (Wildman–Crippen LogP) is 7.15. The van der Waals surface area contributed by atoms with Crippen molar-refractivity contribution < 1.29 is 33.7 Å². The quantitative estimate of drug-likeness (QED) is 0.0425. The van der Waals surface area contributed by atoms with Gasteiger partial charge in [0.05, 0.1) is 13.3 Å². The lowest BCUT2D eigenvalue weighted by atomic mass is 10.2. The summed E-state index contributed by atoms with van der Waals surface area (Å²) in [6.07, 6.45) is 6.67. The van der Waals surface area contributed by atoms with Crippen molar-refractivity contribution in [2.75, 3.05) is 7.11 Å². The summed E-state index contributed by atoms with van der Waals surface area (Å²) >= 11 is 0. The number of aldehydes is 1. The Labute approximate surface area is 393 Å². The van der Waals surface area contributed by atoms with Gasteiger partial charge < -0.3 is 24.2 Å². The monoisotopic (exact) mass is 927 g/mol. The summed E-state index contributed by atoms with van der Waals surface area (Å²) in [5, 5.41) is 11.8. The van der Waals surface area contributed by atoms with Crippen LogP contribution in [0.2, 0.25) is 0 Å². The van der Waals surface area contributed by atoms with Crippen molar-refractivity contribution in [2.45, 2.75) is 40.6 Å². The molecule has 69 heavy (non-hydrogen) atoms. The third kappa shape index (κ3) is 11.6. The average Bonchev–Trinajstić information content (AvgIpc) is 3.37. The van der Waals surface area contributed by atoms with E-state index in [1.54, 1.807) is 36.8 Å². The number of rotatable bonds is 12. The molecule has 1 N–H and O–H groups in total. The molecule has 6 heterocycles. The minimum atomic E-state index is -0.710. The Kier molecular flexibility index (Phi) is 15.4. The fourth-order valence-corrected chi connectivity index (χ4v) is 6.77. The van der Waals surface area contributed by atoms with Crippen LogP contribution in [0.1, 0.15) is 60.1 Å². The van der Waals surface area contributed by atoms with Gasteiger partial charge in [0.25, 0.3) is 0 Å². The second-order valence-electron chi connectivity index (χ2n) is 15.3. The first kappa shape index (κ1) is 47.7. The number of hydrogen-bond donors (Lipinski definition) is 1. The van der Waals surface area contributed by atoms with E-state index in [4.69, 9.17) is 24.2 Å². The number of nitrogens with zero attached hydrogens (tertiary/aromatic N) is 7. The molecule has 6 aromatic heterocycles. The van der Waals surface area contributed by atoms with Crippen LogP contribution in [0.3, 0.4) is 0 Å². The predicted molar refractivity (Wildman–Crippen MR) is 257 cm³/mol. The van der Waals surface area contributed by atoms with Gasteiger partial charge in [-0.1, -0.05) is 114 Å². The molecule has 0 fully saturated rings. The van der Waals surface area contributed by atoms with E-state index < -0.39 is 11.5 Å². The normalized spacial score (nSPS) is 10.8. The lowest BCUT2D eigenvalue weighted by molar-refractivity contribution is 0.0587. The number of benzene rings is 3. The molecule has 0 saturated carbocycles. The van der Waals surface area contributed by atoms with E-state index in [1.165, 1.54) is 20.3 Å². The minimum Gasteiger partial charge on any atom is -0.481 e. The summed E-state index contributed by atoms with van der Waals surface area (Å²) in [5.41, 5.74) is 5.61. The molecule has 0 bridgehead atoms. The van der Waals surface area contributed by atoms with Gasteiger partial charge in [-0.05, 0) is 72.4 Å². The average molecular weight is 928 g/mol. The zero-order valence-corrected chi connectivity index (χ0v) is 37.9. The summed E-state index contributed by atoms with van der Waals surface area (Å²) < 4.78 is 25.8. The fraction of sp³-hybridized carbons (Fsp3) is 0.135. The number of aromatic nitrogens is 6. The first-order valence-electron chi connectivity index (χ1n) is 21.3. The van der Waals surface area contributed by atoms with Crippen LogP contribution in [-0.4, -0.2) is 58.9 Å². The number of ether oxygens (including phenoxy) is 4. The third-order valence-corrected chi connectivity index (χ3v) is 10.2. The topological polar surface area (TPSA) is 207 Å². The molecule has 17 heteroatoms. The highest BCUT2D eigenvalue weighted by atomic mass is 16.5. The molecule has 0 unspecified atom stereocenters. The molecule has 3 aromatic carbocycles. The van der Waals surface area contributed by atoms with E-state index >= 15 is 0 Å². The summed E-state index contributed by atoms with van der Waals surface area (Å²) in [4.78, 5) is 73.8. The highest BCUT2D eigenvalue weighted by Crippen LogP contribution is 2.18. The Morgan fingerprint density at radius 3 is 1.29 bits per heavy atom. The molecule has 0 radical (unpaired) electrons. The van der Waals surface area contributed by atoms with Crippen molar-refractivity contribution in [3.05, 3.63) is 228 Å². The molecular formula is C52H45N7O10. The van der Waals surface area contributed by atoms with Gasteiger partial charge >= 0.3 is 22.6 Å². The maximum Gasteiger partial charge on any atom is 0.360 e. The molecule has 0 atom stereocenters. The molecule has 0 aliphatic carbocycles. The van der Waals surface area contributed by atoms with E-state index in [0.29, 0.717) is 23.2 Å². The summed E-state index contributed by atoms with van der Waals surface area (Å²) in [5.74, 6) is -0.802. The van der Waals surface area contributed by atoms with E-state index in [-0.39, 0.29) is 65.3 Å². The van der Waals surface area contributed by atoms with E-state index in [1.807, 2.05) is 130 Å². The molecule has 0 amide bonds. The first-order valence-corrected chi connectivity index (χ1v) is 21.3. The van der Waals surface area contributed by atoms with E-state index in [0.717, 1.165) is 39.6 Å². The smallest absolute Gasteiger partial charge is 0.360 e. The van der Waals surface area contributed by atoms with Gasteiger partial charge in [0.1, 0.15) is 42.5 Å². The summed E-state index contributed by atoms with van der Waals surface area (Å²) in [6, 6.07) is 38.9. The fourth-order valence-electron chi connectivity index (χ4n) is 6.77. The number of methoxy groups -OCH3 is 1. The molecule has 0 aliphatic rings. The second kappa shape index (κ2) is 22.3. The van der Waals surface area contributed by atoms with Crippen molar-refractivity contribution >= 4 is 35.4 Å². The number of pyridine rings is 3. The van der Waals surface area contributed by atoms with Crippen LogP contribution in [0.25, 0.3) is 16.9 Å². The van der Waals surface area contributed by atoms with Crippen LogP contribution in [0.4, 0.5) is 0 Å². The molecular weight excluding hydrogens is 883 g/mol. The minimum absolute atomic E-state index is 0.0183. The number of fused-ring (bicyclic) bond motifs is 3. The van der Waals surface area contributed by atoms with Crippen LogP contribution in [0.15, 0.2) is 166 Å². The molecule has 17 nitrogen and oxygen atoms in total. The number of carbonyl (C=O) groups is 2. The Morgan fingerprint density at radius 2 is 0.899 bits per heavy atom. The Morgan fingerprint density at radius 1 is 0.536 bits per heavy atom. The third-order valence-electron chi connectivity index (χ3n) is 10.2. The zero-order chi connectivity index (χ0) is 48.9. The lowest BCUT2D eigenvalue weighted by Crippen LogP contribution is -2.23. The molecule has 9 aromatic rings. The summed E-state index contributed by atoms with van der Waals surface area (Å²) in [7, 11) is 1.24. The van der Waals surface area contributed by atoms with Crippen molar-refractivity contribution in [2.24, 2.45) is 5.16 Å². The number of carbonyl (C=O) groups excluding carboxylic acids is 2. The van der Waals surface area contributed by atoms with Crippen LogP contribution >= 0.6 is 0 Å². The van der Waals surface area contributed by atoms with Crippen LogP contribution in [-0.2, 0) is 24.6 Å². The summed E-state index contributed by atoms with van der Waals surface area (Å²) in [6.45, 7) is 6.21. The standard InChI is InChI=1S/C18H16N2O4.C17H15N3O3.C17H14N2O3/c1-12-8-9-14-19-15(18(22)23-2)16(17(21)20(14)10-12)24-11-13-6-4-3-5-7-13;1-12-7-8-15-19-14(9-18-22)16(17(21)20(15)10-12)23-11-13-5-3-2-4-6-13;1-12-7-8-15-18-14(10-20)16(17(21)19(15)9-12)22-11-13-5-3-2-4-6-13/h3-10H,11H2,1-2H3;2-10,22H,11H2,1H3;2-10H,11H2,1H3/b;18-9+;. The van der Waals surface area contributed by atoms with Crippen LogP contribution in [0, 0.1) is 20.8 Å². The highest BCUT2D eigenvalue weighted by molar-refractivity contribution is 5.90. The molecule has 348 valence electrons. The van der Waals surface area contributed by atoms with Crippen molar-refractivity contribution in [3.63, 3.8) is 0 Å². The number of aryl methyl sites for hydroxylation is 3. The van der Waals surface area contributed by atoms with Gasteiger partial charge in [0, 0.05) is 18.6 Å². The van der Waals surface area contributed by atoms with Crippen LogP contribution in [0.5, 0.6) is 17.2 Å². The van der Waals surface area contributed by atoms with Gasteiger partial charge in [0.15, 0.2) is 17.7 Å². The van der Waals surface area contributed by atoms with Gasteiger partial charge in [-0.15, -0.1) is 0 Å². The van der Waals surface area contributed by atoms with Crippen molar-refractivity contribution in [3.8, 4) is 17.2 Å². The Bertz CT molecular complexity index is 3490. The first-order chi connectivity index (χ1) is 33.5. The largest absolute Gasteiger partial charge is 0.481 e. The van der Waals surface area contributed by atoms with Crippen molar-refractivity contribution in [1.29, 1.82) is 0 Å². The SMILES string of the molecule is COC(=O)c1nc2ccc(C)cn2c(=O)c1OCc1ccccc1.Cc1ccc2nc(/C=N/O)c(OCc3ccccc3)c(=O)n2c1.Cc1ccc2nc(C=O)c(OCc3ccccc3)c(=O)n2c1. The van der Waals surface area contributed by atoms with Gasteiger partial charge in [-0.25, -0.2) is 19.7 Å². The highest BCUT2D eigenvalue weighted by Gasteiger charge is 2.22. The second-order valence-corrected chi connectivity index (χ2v) is 15.3. The zero-order valence-electron chi connectivity index (χ0n) is 37.9. The Hall–Kier alpha value is -9.25. The van der Waals surface area contributed by atoms with E-state index in [9.17, 15) is 24.0 Å². The lowest BCUT2D eigenvalue weighted by Gasteiger charge is -2.11. The van der Waals surface area contributed by atoms with Crippen molar-refractivity contribution in [1.82, 2.24) is 28.2 Å². The van der Waals surface area contributed by atoms with Gasteiger partial charge in [-0.2, -0.15) is 0 Å². The number of hydrogen-bond acceptors (Lipinski definition) is 14. The molecule has 0 spiro atoms. The van der Waals surface area contributed by atoms with Crippen LogP contribution < -0.4 is 30.9 Å². The number of esters is 1. The maximum atomic E-state index is 12.7. The number of oxime groups is 1. The molecule has 0 aliphatic heterocycles. The molecule has 9 rings (SSSR count). The van der Waals surface area contributed by atoms with Gasteiger partial charge in [-0.3, -0.25) is 32.4 Å². The van der Waals surface area contributed by atoms with Gasteiger partial charge in [0.2, 0.25) is 17.2 Å². The molecule has 0 saturated heterocycles. The Balaban J connectivity index is 0.000000153. The maximum absolute atomic E-state index is 12.7.